The molecule has 0 atom stereocenters. The van der Waals surface area contributed by atoms with Crippen LogP contribution in [0.25, 0.3) is 0 Å². The number of furan rings is 1. The van der Waals surface area contributed by atoms with Crippen LogP contribution in [0.2, 0.25) is 0 Å². The van der Waals surface area contributed by atoms with Gasteiger partial charge in [0.05, 0.1) is 5.56 Å². The molecule has 1 aliphatic rings. The first kappa shape index (κ1) is 19.5. The van der Waals surface area contributed by atoms with Crippen molar-refractivity contribution in [2.75, 3.05) is 14.1 Å². The van der Waals surface area contributed by atoms with Crippen molar-refractivity contribution in [1.82, 2.24) is 9.62 Å². The lowest BCUT2D eigenvalue weighted by atomic mass is 9.90. The molecule has 0 unspecified atom stereocenters. The molecule has 25 heavy (non-hydrogen) atoms. The lowest BCUT2D eigenvalue weighted by Crippen LogP contribution is -2.54. The van der Waals surface area contributed by atoms with Crippen LogP contribution in [0.5, 0.6) is 0 Å². The van der Waals surface area contributed by atoms with Crippen molar-refractivity contribution in [3.05, 3.63) is 17.4 Å². The zero-order valence-corrected chi connectivity index (χ0v) is 15.5. The van der Waals surface area contributed by atoms with Gasteiger partial charge in [-0.2, -0.15) is 0 Å². The van der Waals surface area contributed by atoms with Crippen molar-refractivity contribution in [1.29, 1.82) is 0 Å². The fourth-order valence-electron chi connectivity index (χ4n) is 3.00. The predicted molar refractivity (Wildman–Crippen MR) is 89.9 cm³/mol. The van der Waals surface area contributed by atoms with Gasteiger partial charge in [-0.1, -0.05) is 25.7 Å². The lowest BCUT2D eigenvalue weighted by Gasteiger charge is -2.29. The number of hydrogen-bond acceptors (Lipinski definition) is 5. The average Bonchev–Trinajstić information content (AvgIpc) is 2.77. The Balaban J connectivity index is 2.31. The first-order valence-corrected chi connectivity index (χ1v) is 9.63. The largest absolute Gasteiger partial charge is 0.480 e. The van der Waals surface area contributed by atoms with Crippen LogP contribution in [0, 0.1) is 6.92 Å². The van der Waals surface area contributed by atoms with Crippen LogP contribution in [0.4, 0.5) is 0 Å². The minimum atomic E-state index is -3.81. The van der Waals surface area contributed by atoms with Crippen LogP contribution in [0.1, 0.15) is 54.6 Å². The van der Waals surface area contributed by atoms with E-state index in [0.29, 0.717) is 12.8 Å². The number of carbonyl (C=O) groups is 2. The minimum Gasteiger partial charge on any atom is -0.480 e. The van der Waals surface area contributed by atoms with E-state index >= 15 is 0 Å². The van der Waals surface area contributed by atoms with Crippen molar-refractivity contribution in [2.24, 2.45) is 0 Å². The van der Waals surface area contributed by atoms with E-state index in [9.17, 15) is 23.1 Å². The third kappa shape index (κ3) is 3.87. The van der Waals surface area contributed by atoms with Gasteiger partial charge in [0, 0.05) is 20.2 Å². The van der Waals surface area contributed by atoms with Crippen LogP contribution < -0.4 is 5.32 Å². The molecule has 9 heteroatoms. The molecular weight excluding hydrogens is 348 g/mol. The van der Waals surface area contributed by atoms with Gasteiger partial charge in [0.15, 0.2) is 0 Å². The maximum absolute atomic E-state index is 12.6. The second kappa shape index (κ2) is 7.17. The summed E-state index contributed by atoms with van der Waals surface area (Å²) >= 11 is 0. The molecule has 1 aliphatic carbocycles. The van der Waals surface area contributed by atoms with Crippen molar-refractivity contribution in [3.8, 4) is 0 Å². The van der Waals surface area contributed by atoms with Crippen molar-refractivity contribution in [3.63, 3.8) is 0 Å². The molecule has 0 saturated heterocycles. The van der Waals surface area contributed by atoms with Gasteiger partial charge in [0.2, 0.25) is 5.09 Å². The molecular formula is C16H24N2O6S. The molecule has 140 valence electrons. The summed E-state index contributed by atoms with van der Waals surface area (Å²) in [6, 6.07) is 1.15. The second-order valence-electron chi connectivity index (χ2n) is 6.58. The monoisotopic (exact) mass is 372 g/mol. The number of carboxylic acid groups (broad SMARTS) is 1. The average molecular weight is 372 g/mol. The van der Waals surface area contributed by atoms with Crippen molar-refractivity contribution < 1.29 is 27.5 Å². The number of nitrogens with one attached hydrogen (secondary N) is 1. The molecule has 8 nitrogen and oxygen atoms in total. The SMILES string of the molecule is Cc1oc(S(=O)(=O)N(C)C)cc1C(=O)NC1(C(=O)O)CCCCCC1. The number of rotatable bonds is 5. The molecule has 0 aromatic carbocycles. The van der Waals surface area contributed by atoms with E-state index in [4.69, 9.17) is 4.42 Å². The van der Waals surface area contributed by atoms with E-state index in [-0.39, 0.29) is 16.4 Å². The second-order valence-corrected chi connectivity index (χ2v) is 8.66. The molecule has 0 aliphatic heterocycles. The smallest absolute Gasteiger partial charge is 0.329 e. The quantitative estimate of drug-likeness (QED) is 0.761. The van der Waals surface area contributed by atoms with E-state index < -0.39 is 27.4 Å². The Morgan fingerprint density at radius 3 is 2.24 bits per heavy atom. The van der Waals surface area contributed by atoms with Gasteiger partial charge in [0.1, 0.15) is 11.3 Å². The molecule has 1 fully saturated rings. The minimum absolute atomic E-state index is 0.0327. The maximum Gasteiger partial charge on any atom is 0.329 e. The lowest BCUT2D eigenvalue weighted by molar-refractivity contribution is -0.145. The van der Waals surface area contributed by atoms with Gasteiger partial charge >= 0.3 is 5.97 Å². The number of aliphatic carboxylic acids is 1. The summed E-state index contributed by atoms with van der Waals surface area (Å²) in [5.41, 5.74) is -1.29. The highest BCUT2D eigenvalue weighted by Crippen LogP contribution is 2.29. The number of hydrogen-bond donors (Lipinski definition) is 2. The maximum atomic E-state index is 12.6. The molecule has 2 rings (SSSR count). The number of amides is 1. The van der Waals surface area contributed by atoms with Crippen LogP contribution in [-0.2, 0) is 14.8 Å². The van der Waals surface area contributed by atoms with Gasteiger partial charge in [-0.15, -0.1) is 0 Å². The van der Waals surface area contributed by atoms with E-state index in [2.05, 4.69) is 5.32 Å². The van der Waals surface area contributed by atoms with Gasteiger partial charge in [0.25, 0.3) is 15.9 Å². The summed E-state index contributed by atoms with van der Waals surface area (Å²) < 4.78 is 30.5. The Morgan fingerprint density at radius 1 is 1.20 bits per heavy atom. The molecule has 1 aromatic rings. The molecule has 1 amide bonds. The highest BCUT2D eigenvalue weighted by molar-refractivity contribution is 7.88. The van der Waals surface area contributed by atoms with Gasteiger partial charge in [-0.05, 0) is 19.8 Å². The fraction of sp³-hybridized carbons (Fsp3) is 0.625. The first-order chi connectivity index (χ1) is 11.6. The Bertz CT molecular complexity index is 758. The van der Waals surface area contributed by atoms with Crippen LogP contribution >= 0.6 is 0 Å². The summed E-state index contributed by atoms with van der Waals surface area (Å²) in [4.78, 5) is 24.4. The zero-order valence-electron chi connectivity index (χ0n) is 14.7. The van der Waals surface area contributed by atoms with Gasteiger partial charge in [-0.3, -0.25) is 4.79 Å². The molecule has 0 spiro atoms. The third-order valence-corrected chi connectivity index (χ3v) is 6.27. The predicted octanol–water partition coefficient (Wildman–Crippen LogP) is 1.75. The first-order valence-electron chi connectivity index (χ1n) is 8.19. The molecule has 0 bridgehead atoms. The number of aryl methyl sites for hydroxylation is 1. The Morgan fingerprint density at radius 2 is 1.76 bits per heavy atom. The summed E-state index contributed by atoms with van der Waals surface area (Å²) in [6.45, 7) is 1.48. The number of sulfonamides is 1. The normalized spacial score (nSPS) is 17.9. The number of carboxylic acids is 1. The summed E-state index contributed by atoms with van der Waals surface area (Å²) in [7, 11) is -1.09. The van der Waals surface area contributed by atoms with E-state index in [1.165, 1.54) is 21.0 Å². The highest BCUT2D eigenvalue weighted by atomic mass is 32.2. The third-order valence-electron chi connectivity index (χ3n) is 4.59. The van der Waals surface area contributed by atoms with Crippen molar-refractivity contribution in [2.45, 2.75) is 56.1 Å². The van der Waals surface area contributed by atoms with Crippen LogP contribution in [0.15, 0.2) is 15.6 Å². The number of carbonyl (C=O) groups excluding carboxylic acids is 1. The topological polar surface area (TPSA) is 117 Å². The zero-order chi connectivity index (χ0) is 18.8. The molecule has 1 aromatic heterocycles. The van der Waals surface area contributed by atoms with Gasteiger partial charge in [-0.25, -0.2) is 17.5 Å². The number of nitrogens with zero attached hydrogens (tertiary/aromatic N) is 1. The van der Waals surface area contributed by atoms with Gasteiger partial charge < -0.3 is 14.8 Å². The van der Waals surface area contributed by atoms with E-state index in [1.54, 1.807) is 0 Å². The van der Waals surface area contributed by atoms with Crippen molar-refractivity contribution >= 4 is 21.9 Å². The molecule has 0 radical (unpaired) electrons. The molecule has 1 saturated carbocycles. The van der Waals surface area contributed by atoms with Crippen LogP contribution in [-0.4, -0.2) is 49.3 Å². The Kier molecular flexibility index (Phi) is 5.58. The van der Waals surface area contributed by atoms with E-state index in [0.717, 1.165) is 36.1 Å². The molecule has 2 N–H and O–H groups in total. The Hall–Kier alpha value is -1.87. The van der Waals surface area contributed by atoms with Crippen LogP contribution in [0.3, 0.4) is 0 Å². The summed E-state index contributed by atoms with van der Waals surface area (Å²) in [5.74, 6) is -1.57. The summed E-state index contributed by atoms with van der Waals surface area (Å²) in [6.07, 6.45) is 4.01. The Labute approximate surface area is 147 Å². The van der Waals surface area contributed by atoms with E-state index in [1.807, 2.05) is 0 Å². The summed E-state index contributed by atoms with van der Waals surface area (Å²) in [5, 5.41) is 11.9. The highest BCUT2D eigenvalue weighted by Gasteiger charge is 2.41. The standard InChI is InChI=1S/C16H24N2O6S/c1-11-12(10-13(24-11)25(22,23)18(2)3)14(19)17-16(15(20)21)8-6-4-5-7-9-16/h10H,4-9H2,1-3H3,(H,17,19)(H,20,21). The molecule has 1 heterocycles. The fourth-order valence-corrected chi connectivity index (χ4v) is 3.85.